The fourth-order valence-corrected chi connectivity index (χ4v) is 0.463. The molecule has 0 unspecified atom stereocenters. The highest BCUT2D eigenvalue weighted by Crippen LogP contribution is 1.95. The third kappa shape index (κ3) is 2.75. The number of hydrogen-bond acceptors (Lipinski definition) is 1. The Morgan fingerprint density at radius 3 is 2.25 bits per heavy atom. The summed E-state index contributed by atoms with van der Waals surface area (Å²) in [6.45, 7) is 4.56. The molecule has 0 fully saturated rings. The van der Waals surface area contributed by atoms with Gasteiger partial charge in [-0.25, -0.2) is 0 Å². The summed E-state index contributed by atoms with van der Waals surface area (Å²) >= 11 is 0. The lowest BCUT2D eigenvalue weighted by Crippen LogP contribution is -2.51. The largest absolute Gasteiger partial charge is 0.357 e. The van der Waals surface area contributed by atoms with E-state index in [2.05, 4.69) is 5.73 Å². The molecule has 0 aromatic heterocycles. The Hall–Kier alpha value is -0.370. The Morgan fingerprint density at radius 2 is 2.12 bits per heavy atom. The van der Waals surface area contributed by atoms with E-state index in [0.717, 1.165) is 6.54 Å². The predicted octanol–water partition coefficient (Wildman–Crippen LogP) is -0.156. The second kappa shape index (κ2) is 3.61. The van der Waals surface area contributed by atoms with Crippen LogP contribution in [-0.2, 0) is 4.79 Å². The molecule has 0 aromatic carbocycles. The minimum atomic E-state index is 0.191. The van der Waals surface area contributed by atoms with Gasteiger partial charge in [0, 0.05) is 5.92 Å². The molecular formula is C6H14NO+. The lowest BCUT2D eigenvalue weighted by molar-refractivity contribution is -0.366. The first-order chi connectivity index (χ1) is 3.68. The van der Waals surface area contributed by atoms with Crippen molar-refractivity contribution in [1.82, 2.24) is 0 Å². The number of quaternary nitrogens is 1. The summed E-state index contributed by atoms with van der Waals surface area (Å²) in [4.78, 5) is 10.7. The molecule has 3 N–H and O–H groups in total. The smallest absolute Gasteiger partial charge is 0.141 e. The van der Waals surface area contributed by atoms with Crippen LogP contribution in [0, 0.1) is 5.92 Å². The zero-order valence-electron chi connectivity index (χ0n) is 5.61. The molecule has 0 aliphatic rings. The van der Waals surface area contributed by atoms with Crippen LogP contribution < -0.4 is 5.73 Å². The fourth-order valence-electron chi connectivity index (χ4n) is 0.463. The second-order valence-corrected chi connectivity index (χ2v) is 2.22. The molecule has 0 aromatic rings. The van der Waals surface area contributed by atoms with Gasteiger partial charge in [0.25, 0.3) is 0 Å². The first-order valence-electron chi connectivity index (χ1n) is 3.00. The molecule has 0 saturated heterocycles. The number of carbonyl (C=O) groups is 1. The van der Waals surface area contributed by atoms with Gasteiger partial charge < -0.3 is 5.73 Å². The van der Waals surface area contributed by atoms with Gasteiger partial charge in [-0.2, -0.15) is 0 Å². The van der Waals surface area contributed by atoms with Crippen molar-refractivity contribution in [3.8, 4) is 0 Å². The summed E-state index contributed by atoms with van der Waals surface area (Å²) in [5.74, 6) is 0.511. The number of Topliss-reactive ketones (excluding diaryl/α,β-unsaturated/α-hetero) is 1. The van der Waals surface area contributed by atoms with Crippen LogP contribution in [0.15, 0.2) is 0 Å². The molecule has 0 atom stereocenters. The Morgan fingerprint density at radius 1 is 1.62 bits per heavy atom. The van der Waals surface area contributed by atoms with Crippen LogP contribution in [-0.4, -0.2) is 12.3 Å². The van der Waals surface area contributed by atoms with Crippen molar-refractivity contribution in [1.29, 1.82) is 0 Å². The zero-order chi connectivity index (χ0) is 6.57. The van der Waals surface area contributed by atoms with Gasteiger partial charge in [-0.05, 0) is 0 Å². The molecule has 2 nitrogen and oxygen atoms in total. The third-order valence-corrected chi connectivity index (χ3v) is 1.07. The maximum absolute atomic E-state index is 10.7. The molecular weight excluding hydrogens is 102 g/mol. The van der Waals surface area contributed by atoms with E-state index in [1.807, 2.05) is 13.8 Å². The zero-order valence-corrected chi connectivity index (χ0v) is 5.61. The summed E-state index contributed by atoms with van der Waals surface area (Å²) < 4.78 is 0. The first-order valence-corrected chi connectivity index (χ1v) is 3.00. The molecule has 0 spiro atoms. The molecule has 0 aliphatic heterocycles. The van der Waals surface area contributed by atoms with Crippen molar-refractivity contribution < 1.29 is 10.5 Å². The SMILES string of the molecule is CC(C)C(=O)CC[NH3+]. The normalized spacial score (nSPS) is 10.0. The van der Waals surface area contributed by atoms with Crippen molar-refractivity contribution in [3.63, 3.8) is 0 Å². The lowest BCUT2D eigenvalue weighted by Gasteiger charge is -1.97. The van der Waals surface area contributed by atoms with E-state index >= 15 is 0 Å². The van der Waals surface area contributed by atoms with Crippen LogP contribution in [0.3, 0.4) is 0 Å². The number of hydrogen-bond donors (Lipinski definition) is 1. The molecule has 2 heteroatoms. The predicted molar refractivity (Wildman–Crippen MR) is 32.2 cm³/mol. The Bertz CT molecular complexity index is 78.6. The van der Waals surface area contributed by atoms with Gasteiger partial charge in [0.1, 0.15) is 5.78 Å². The van der Waals surface area contributed by atoms with Crippen molar-refractivity contribution in [2.75, 3.05) is 6.54 Å². The van der Waals surface area contributed by atoms with E-state index in [4.69, 9.17) is 0 Å². The van der Waals surface area contributed by atoms with Gasteiger partial charge in [0.05, 0.1) is 13.0 Å². The maximum Gasteiger partial charge on any atom is 0.141 e. The molecule has 8 heavy (non-hydrogen) atoms. The van der Waals surface area contributed by atoms with Crippen molar-refractivity contribution in [2.24, 2.45) is 5.92 Å². The van der Waals surface area contributed by atoms with Crippen molar-refractivity contribution in [3.05, 3.63) is 0 Å². The molecule has 0 rings (SSSR count). The van der Waals surface area contributed by atoms with Gasteiger partial charge in [0.2, 0.25) is 0 Å². The summed E-state index contributed by atoms with van der Waals surface area (Å²) in [7, 11) is 0. The Balaban J connectivity index is 3.33. The highest BCUT2D eigenvalue weighted by molar-refractivity contribution is 5.80. The van der Waals surface area contributed by atoms with Crippen LogP contribution in [0.2, 0.25) is 0 Å². The highest BCUT2D eigenvalue weighted by Gasteiger charge is 2.04. The van der Waals surface area contributed by atoms with Crippen LogP contribution in [0.25, 0.3) is 0 Å². The molecule has 48 valence electrons. The van der Waals surface area contributed by atoms with Gasteiger partial charge in [0.15, 0.2) is 0 Å². The van der Waals surface area contributed by atoms with E-state index in [-0.39, 0.29) is 5.92 Å². The molecule has 0 radical (unpaired) electrons. The average Bonchev–Trinajstić information content (AvgIpc) is 1.67. The van der Waals surface area contributed by atoms with Gasteiger partial charge in [-0.3, -0.25) is 4.79 Å². The highest BCUT2D eigenvalue weighted by atomic mass is 16.1. The van der Waals surface area contributed by atoms with Crippen LogP contribution >= 0.6 is 0 Å². The van der Waals surface area contributed by atoms with Crippen LogP contribution in [0.5, 0.6) is 0 Å². The third-order valence-electron chi connectivity index (χ3n) is 1.07. The molecule has 0 saturated carbocycles. The Labute approximate surface area is 50.1 Å². The molecule has 0 aliphatic carbocycles. The minimum absolute atomic E-state index is 0.191. The van der Waals surface area contributed by atoms with Gasteiger partial charge >= 0.3 is 0 Å². The summed E-state index contributed by atoms with van der Waals surface area (Å²) in [6.07, 6.45) is 0.637. The molecule has 0 amide bonds. The van der Waals surface area contributed by atoms with Gasteiger partial charge in [-0.1, -0.05) is 13.8 Å². The molecule has 0 bridgehead atoms. The quantitative estimate of drug-likeness (QED) is 0.547. The topological polar surface area (TPSA) is 44.7 Å². The fraction of sp³-hybridized carbons (Fsp3) is 0.833. The van der Waals surface area contributed by atoms with E-state index in [1.54, 1.807) is 0 Å². The average molecular weight is 116 g/mol. The van der Waals surface area contributed by atoms with Crippen LogP contribution in [0.1, 0.15) is 20.3 Å². The summed E-state index contributed by atoms with van der Waals surface area (Å²) in [5, 5.41) is 0. The van der Waals surface area contributed by atoms with E-state index < -0.39 is 0 Å². The van der Waals surface area contributed by atoms with Crippen LogP contribution in [0.4, 0.5) is 0 Å². The standard InChI is InChI=1S/C6H13NO/c1-5(2)6(8)3-4-7/h5H,3-4,7H2,1-2H3/p+1. The second-order valence-electron chi connectivity index (χ2n) is 2.22. The maximum atomic E-state index is 10.7. The number of rotatable bonds is 3. The Kier molecular flexibility index (Phi) is 3.44. The number of carbonyl (C=O) groups excluding carboxylic acids is 1. The summed E-state index contributed by atoms with van der Waals surface area (Å²) in [5.41, 5.74) is 3.59. The minimum Gasteiger partial charge on any atom is -0.357 e. The number of ketones is 1. The van der Waals surface area contributed by atoms with E-state index in [0.29, 0.717) is 12.2 Å². The van der Waals surface area contributed by atoms with Gasteiger partial charge in [-0.15, -0.1) is 0 Å². The van der Waals surface area contributed by atoms with E-state index in [1.165, 1.54) is 0 Å². The first kappa shape index (κ1) is 7.63. The monoisotopic (exact) mass is 116 g/mol. The molecule has 0 heterocycles. The lowest BCUT2D eigenvalue weighted by atomic mass is 10.1. The van der Waals surface area contributed by atoms with E-state index in [9.17, 15) is 4.79 Å². The van der Waals surface area contributed by atoms with Crippen molar-refractivity contribution >= 4 is 5.78 Å². The summed E-state index contributed by atoms with van der Waals surface area (Å²) in [6, 6.07) is 0. The van der Waals surface area contributed by atoms with Crippen molar-refractivity contribution in [2.45, 2.75) is 20.3 Å².